The van der Waals surface area contributed by atoms with E-state index in [0.717, 1.165) is 68.6 Å². The Hall–Kier alpha value is -2.27. The van der Waals surface area contributed by atoms with Gasteiger partial charge in [-0.3, -0.25) is 0 Å². The number of ether oxygens (including phenoxy) is 2. The van der Waals surface area contributed by atoms with E-state index in [1.54, 1.807) is 0 Å². The van der Waals surface area contributed by atoms with Gasteiger partial charge in [-0.1, -0.05) is 12.1 Å². The Balaban J connectivity index is 1.55. The number of hydrogen-bond acceptors (Lipinski definition) is 5. The van der Waals surface area contributed by atoms with E-state index < -0.39 is 0 Å². The first-order valence-electron chi connectivity index (χ1n) is 9.87. The van der Waals surface area contributed by atoms with Crippen LogP contribution in [0.5, 0.6) is 5.75 Å². The van der Waals surface area contributed by atoms with Crippen molar-refractivity contribution in [3.05, 3.63) is 47.7 Å². The molecule has 0 aliphatic carbocycles. The number of rotatable bonds is 8. The molecule has 5 heteroatoms. The van der Waals surface area contributed by atoms with Crippen molar-refractivity contribution in [3.63, 3.8) is 0 Å². The van der Waals surface area contributed by atoms with Crippen LogP contribution in [0, 0.1) is 12.8 Å². The molecular formula is C22H31N3O2. The van der Waals surface area contributed by atoms with Crippen molar-refractivity contribution >= 4 is 11.5 Å². The number of nitrogens with zero attached hydrogens (tertiary/aromatic N) is 2. The molecule has 0 atom stereocenters. The number of hydrogen-bond donors (Lipinski definition) is 1. The predicted octanol–water partition coefficient (Wildman–Crippen LogP) is 4.26. The highest BCUT2D eigenvalue weighted by atomic mass is 16.5. The van der Waals surface area contributed by atoms with Crippen LogP contribution in [0.1, 0.15) is 30.9 Å². The van der Waals surface area contributed by atoms with E-state index in [2.05, 4.69) is 66.4 Å². The molecule has 27 heavy (non-hydrogen) atoms. The van der Waals surface area contributed by atoms with Crippen LogP contribution in [0.15, 0.2) is 36.5 Å². The highest BCUT2D eigenvalue weighted by Gasteiger charge is 2.15. The molecule has 146 valence electrons. The quantitative estimate of drug-likeness (QED) is 0.753. The monoisotopic (exact) mass is 369 g/mol. The molecule has 1 aliphatic rings. The van der Waals surface area contributed by atoms with Crippen LogP contribution in [0.4, 0.5) is 11.5 Å². The van der Waals surface area contributed by atoms with Gasteiger partial charge in [-0.15, -0.1) is 0 Å². The molecule has 0 amide bonds. The van der Waals surface area contributed by atoms with Crippen LogP contribution in [-0.4, -0.2) is 38.4 Å². The predicted molar refractivity (Wildman–Crippen MR) is 111 cm³/mol. The molecule has 1 aliphatic heterocycles. The molecule has 1 fully saturated rings. The van der Waals surface area contributed by atoms with Gasteiger partial charge in [0.15, 0.2) is 0 Å². The Kier molecular flexibility index (Phi) is 6.93. The molecular weight excluding hydrogens is 338 g/mol. The molecule has 0 unspecified atom stereocenters. The van der Waals surface area contributed by atoms with Gasteiger partial charge in [0, 0.05) is 51.3 Å². The Labute approximate surface area is 162 Å². The first-order chi connectivity index (χ1) is 13.2. The van der Waals surface area contributed by atoms with Crippen molar-refractivity contribution in [1.29, 1.82) is 0 Å². The molecule has 5 nitrogen and oxygen atoms in total. The minimum absolute atomic E-state index is 0.598. The van der Waals surface area contributed by atoms with Crippen LogP contribution in [-0.2, 0) is 11.3 Å². The minimum atomic E-state index is 0.598. The second kappa shape index (κ2) is 9.60. The highest BCUT2D eigenvalue weighted by Crippen LogP contribution is 2.25. The maximum atomic E-state index is 6.11. The lowest BCUT2D eigenvalue weighted by Gasteiger charge is -2.22. The molecule has 0 spiro atoms. The first-order valence-corrected chi connectivity index (χ1v) is 9.87. The number of nitrogens with one attached hydrogen (secondary N) is 1. The van der Waals surface area contributed by atoms with Gasteiger partial charge in [0.05, 0.1) is 6.61 Å². The Bertz CT molecular complexity index is 712. The maximum absolute atomic E-state index is 6.11. The molecule has 1 saturated heterocycles. The zero-order valence-electron chi connectivity index (χ0n) is 16.7. The summed E-state index contributed by atoms with van der Waals surface area (Å²) in [5.41, 5.74) is 3.40. The summed E-state index contributed by atoms with van der Waals surface area (Å²) in [7, 11) is 2.05. The van der Waals surface area contributed by atoms with Crippen LogP contribution in [0.2, 0.25) is 0 Å². The van der Waals surface area contributed by atoms with Gasteiger partial charge in [0.25, 0.3) is 0 Å². The van der Waals surface area contributed by atoms with Crippen molar-refractivity contribution in [2.75, 3.05) is 43.6 Å². The molecule has 0 saturated carbocycles. The van der Waals surface area contributed by atoms with Gasteiger partial charge in [-0.05, 0) is 55.9 Å². The smallest absolute Gasteiger partial charge is 0.128 e. The summed E-state index contributed by atoms with van der Waals surface area (Å²) in [6, 6.07) is 10.5. The zero-order chi connectivity index (χ0) is 19.1. The second-order valence-electron chi connectivity index (χ2n) is 7.24. The van der Waals surface area contributed by atoms with Gasteiger partial charge >= 0.3 is 0 Å². The molecule has 1 aromatic carbocycles. The number of aromatic nitrogens is 1. The van der Waals surface area contributed by atoms with E-state index in [-0.39, 0.29) is 0 Å². The molecule has 0 radical (unpaired) electrons. The molecule has 3 rings (SSSR count). The largest absolute Gasteiger partial charge is 0.493 e. The van der Waals surface area contributed by atoms with E-state index in [4.69, 9.17) is 9.47 Å². The first kappa shape index (κ1) is 19.5. The highest BCUT2D eigenvalue weighted by molar-refractivity contribution is 5.52. The lowest BCUT2D eigenvalue weighted by atomic mass is 10.0. The summed E-state index contributed by atoms with van der Waals surface area (Å²) < 4.78 is 11.5. The van der Waals surface area contributed by atoms with Crippen molar-refractivity contribution < 1.29 is 9.47 Å². The van der Waals surface area contributed by atoms with Crippen LogP contribution in [0.3, 0.4) is 0 Å². The summed E-state index contributed by atoms with van der Waals surface area (Å²) in [6.45, 7) is 8.39. The fourth-order valence-corrected chi connectivity index (χ4v) is 3.10. The van der Waals surface area contributed by atoms with E-state index >= 15 is 0 Å². The number of benzene rings is 1. The average Bonchev–Trinajstić information content (AvgIpc) is 2.72. The Morgan fingerprint density at radius 1 is 1.22 bits per heavy atom. The molecule has 2 heterocycles. The summed E-state index contributed by atoms with van der Waals surface area (Å²) >= 11 is 0. The Morgan fingerprint density at radius 3 is 2.74 bits per heavy atom. The standard InChI is InChI=1S/C22H31N3O2/c1-4-25(3)22-8-6-19(15-24-22)14-23-20-7-5-17(2)21(13-20)27-16-18-9-11-26-12-10-18/h5-8,13,15,18,23H,4,9-12,14,16H2,1-3H3. The fraction of sp³-hybridized carbons (Fsp3) is 0.500. The third kappa shape index (κ3) is 5.60. The third-order valence-corrected chi connectivity index (χ3v) is 5.17. The Morgan fingerprint density at radius 2 is 2.04 bits per heavy atom. The lowest BCUT2D eigenvalue weighted by Crippen LogP contribution is -2.21. The van der Waals surface area contributed by atoms with Crippen LogP contribution < -0.4 is 15.0 Å². The van der Waals surface area contributed by atoms with Crippen molar-refractivity contribution in [2.24, 2.45) is 5.92 Å². The summed E-state index contributed by atoms with van der Waals surface area (Å²) in [4.78, 5) is 6.65. The SMILES string of the molecule is CCN(C)c1ccc(CNc2ccc(C)c(OCC3CCOCC3)c2)cn1. The molecule has 1 aromatic heterocycles. The fourth-order valence-electron chi connectivity index (χ4n) is 3.10. The van der Waals surface area contributed by atoms with Crippen molar-refractivity contribution in [3.8, 4) is 5.75 Å². The topological polar surface area (TPSA) is 46.6 Å². The van der Waals surface area contributed by atoms with Crippen molar-refractivity contribution in [1.82, 2.24) is 4.98 Å². The minimum Gasteiger partial charge on any atom is -0.493 e. The average molecular weight is 370 g/mol. The lowest BCUT2D eigenvalue weighted by molar-refractivity contribution is 0.0496. The number of pyridine rings is 1. The van der Waals surface area contributed by atoms with Gasteiger partial charge in [-0.25, -0.2) is 4.98 Å². The van der Waals surface area contributed by atoms with Crippen LogP contribution >= 0.6 is 0 Å². The van der Waals surface area contributed by atoms with E-state index in [0.29, 0.717) is 5.92 Å². The number of aryl methyl sites for hydroxylation is 1. The summed E-state index contributed by atoms with van der Waals surface area (Å²) in [6.07, 6.45) is 4.12. The molecule has 1 N–H and O–H groups in total. The van der Waals surface area contributed by atoms with Crippen molar-refractivity contribution in [2.45, 2.75) is 33.2 Å². The van der Waals surface area contributed by atoms with Gasteiger partial charge in [0.1, 0.15) is 11.6 Å². The number of anilines is 2. The normalized spacial score (nSPS) is 14.8. The molecule has 2 aromatic rings. The summed E-state index contributed by atoms with van der Waals surface area (Å²) in [5, 5.41) is 3.48. The van der Waals surface area contributed by atoms with E-state index in [9.17, 15) is 0 Å². The van der Waals surface area contributed by atoms with Gasteiger partial charge in [-0.2, -0.15) is 0 Å². The zero-order valence-corrected chi connectivity index (χ0v) is 16.7. The summed E-state index contributed by atoms with van der Waals surface area (Å²) in [5.74, 6) is 2.56. The van der Waals surface area contributed by atoms with E-state index in [1.165, 1.54) is 5.56 Å². The molecule has 0 bridgehead atoms. The van der Waals surface area contributed by atoms with Crippen LogP contribution in [0.25, 0.3) is 0 Å². The van der Waals surface area contributed by atoms with E-state index in [1.807, 2.05) is 6.20 Å². The second-order valence-corrected chi connectivity index (χ2v) is 7.24. The van der Waals surface area contributed by atoms with Gasteiger partial charge in [0.2, 0.25) is 0 Å². The maximum Gasteiger partial charge on any atom is 0.128 e. The van der Waals surface area contributed by atoms with Gasteiger partial charge < -0.3 is 19.7 Å². The third-order valence-electron chi connectivity index (χ3n) is 5.17.